The molecule has 2 heteroatoms. The van der Waals surface area contributed by atoms with Gasteiger partial charge in [-0.15, -0.1) is 0 Å². The maximum absolute atomic E-state index is 5.21. The summed E-state index contributed by atoms with van der Waals surface area (Å²) in [6.07, 6.45) is 1.09. The zero-order valence-electron chi connectivity index (χ0n) is 7.66. The number of hydrogen-bond donors (Lipinski definition) is 0. The van der Waals surface area contributed by atoms with Crippen molar-refractivity contribution in [2.45, 2.75) is 13.3 Å². The van der Waals surface area contributed by atoms with Gasteiger partial charge in [-0.25, -0.2) is 0 Å². The molecule has 66 valence electrons. The van der Waals surface area contributed by atoms with Gasteiger partial charge in [-0.1, -0.05) is 25.1 Å². The van der Waals surface area contributed by atoms with Crippen LogP contribution < -0.4 is 5.06 Å². The molecule has 0 fully saturated rings. The van der Waals surface area contributed by atoms with Gasteiger partial charge in [0, 0.05) is 6.54 Å². The Kier molecular flexibility index (Phi) is 3.61. The topological polar surface area (TPSA) is 12.5 Å². The summed E-state index contributed by atoms with van der Waals surface area (Å²) in [4.78, 5) is 5.21. The molecular formula is C10H15NO. The number of nitrogens with zero attached hydrogens (tertiary/aromatic N) is 1. The molecule has 0 aromatic heterocycles. The molecule has 1 aromatic carbocycles. The molecular weight excluding hydrogens is 150 g/mol. The SMILES string of the molecule is CCCN(OC)c1ccccc1. The largest absolute Gasteiger partial charge is 0.277 e. The summed E-state index contributed by atoms with van der Waals surface area (Å²) in [6, 6.07) is 10.1. The quantitative estimate of drug-likeness (QED) is 0.635. The maximum Gasteiger partial charge on any atom is 0.0639 e. The highest BCUT2D eigenvalue weighted by Gasteiger charge is 2.01. The first kappa shape index (κ1) is 9.07. The first-order valence-electron chi connectivity index (χ1n) is 4.25. The van der Waals surface area contributed by atoms with E-state index in [1.807, 2.05) is 35.4 Å². The highest BCUT2D eigenvalue weighted by molar-refractivity contribution is 5.43. The number of hydrogen-bond acceptors (Lipinski definition) is 2. The van der Waals surface area contributed by atoms with Crippen molar-refractivity contribution < 1.29 is 4.84 Å². The second-order valence-corrected chi connectivity index (χ2v) is 2.62. The van der Waals surface area contributed by atoms with Crippen molar-refractivity contribution in [3.63, 3.8) is 0 Å². The second-order valence-electron chi connectivity index (χ2n) is 2.62. The van der Waals surface area contributed by atoms with Gasteiger partial charge in [0.05, 0.1) is 12.8 Å². The van der Waals surface area contributed by atoms with Crippen molar-refractivity contribution in [2.75, 3.05) is 18.7 Å². The summed E-state index contributed by atoms with van der Waals surface area (Å²) >= 11 is 0. The van der Waals surface area contributed by atoms with Crippen LogP contribution in [0.15, 0.2) is 30.3 Å². The van der Waals surface area contributed by atoms with Gasteiger partial charge in [0.2, 0.25) is 0 Å². The molecule has 0 saturated carbocycles. The Hall–Kier alpha value is -1.02. The summed E-state index contributed by atoms with van der Waals surface area (Å²) in [5.41, 5.74) is 1.11. The fourth-order valence-electron chi connectivity index (χ4n) is 1.12. The molecule has 2 nitrogen and oxygen atoms in total. The minimum Gasteiger partial charge on any atom is -0.277 e. The van der Waals surface area contributed by atoms with Crippen LogP contribution in [0.2, 0.25) is 0 Å². The minimum atomic E-state index is 0.931. The van der Waals surface area contributed by atoms with E-state index >= 15 is 0 Å². The lowest BCUT2D eigenvalue weighted by Gasteiger charge is -2.20. The molecule has 0 amide bonds. The van der Waals surface area contributed by atoms with Crippen molar-refractivity contribution >= 4 is 5.69 Å². The van der Waals surface area contributed by atoms with Gasteiger partial charge in [-0.05, 0) is 18.6 Å². The summed E-state index contributed by atoms with van der Waals surface area (Å²) in [6.45, 7) is 3.06. The average molecular weight is 165 g/mol. The molecule has 0 aliphatic heterocycles. The predicted octanol–water partition coefficient (Wildman–Crippen LogP) is 2.46. The van der Waals surface area contributed by atoms with E-state index in [-0.39, 0.29) is 0 Å². The van der Waals surface area contributed by atoms with Gasteiger partial charge < -0.3 is 0 Å². The van der Waals surface area contributed by atoms with Crippen molar-refractivity contribution in [3.8, 4) is 0 Å². The smallest absolute Gasteiger partial charge is 0.0639 e. The van der Waals surface area contributed by atoms with Gasteiger partial charge in [-0.2, -0.15) is 0 Å². The van der Waals surface area contributed by atoms with Crippen LogP contribution in [-0.4, -0.2) is 13.7 Å². The Bertz CT molecular complexity index is 210. The molecule has 0 heterocycles. The normalized spacial score (nSPS) is 9.83. The van der Waals surface area contributed by atoms with E-state index in [0.29, 0.717) is 0 Å². The number of anilines is 1. The van der Waals surface area contributed by atoms with Crippen molar-refractivity contribution in [3.05, 3.63) is 30.3 Å². The van der Waals surface area contributed by atoms with Crippen molar-refractivity contribution in [1.82, 2.24) is 0 Å². The van der Waals surface area contributed by atoms with Crippen LogP contribution in [0.25, 0.3) is 0 Å². The summed E-state index contributed by atoms with van der Waals surface area (Å²) in [5.74, 6) is 0. The molecule has 1 rings (SSSR count). The monoisotopic (exact) mass is 165 g/mol. The number of hydroxylamine groups is 1. The molecule has 0 atom stereocenters. The molecule has 1 aromatic rings. The Morgan fingerprint density at radius 2 is 1.92 bits per heavy atom. The van der Waals surface area contributed by atoms with E-state index in [1.165, 1.54) is 0 Å². The van der Waals surface area contributed by atoms with Gasteiger partial charge in [0.25, 0.3) is 0 Å². The molecule has 0 radical (unpaired) electrons. The minimum absolute atomic E-state index is 0.931. The van der Waals surface area contributed by atoms with E-state index in [9.17, 15) is 0 Å². The maximum atomic E-state index is 5.21. The van der Waals surface area contributed by atoms with Crippen molar-refractivity contribution in [1.29, 1.82) is 0 Å². The first-order valence-corrected chi connectivity index (χ1v) is 4.25. The Morgan fingerprint density at radius 1 is 1.25 bits per heavy atom. The van der Waals surface area contributed by atoms with Crippen LogP contribution in [-0.2, 0) is 4.84 Å². The Morgan fingerprint density at radius 3 is 2.42 bits per heavy atom. The highest BCUT2D eigenvalue weighted by Crippen LogP contribution is 2.12. The molecule has 0 N–H and O–H groups in total. The van der Waals surface area contributed by atoms with E-state index < -0.39 is 0 Å². The zero-order valence-corrected chi connectivity index (χ0v) is 7.66. The van der Waals surface area contributed by atoms with Gasteiger partial charge in [0.15, 0.2) is 0 Å². The lowest BCUT2D eigenvalue weighted by Crippen LogP contribution is -2.22. The first-order chi connectivity index (χ1) is 5.88. The van der Waals surface area contributed by atoms with Crippen LogP contribution in [0.4, 0.5) is 5.69 Å². The second kappa shape index (κ2) is 4.78. The fraction of sp³-hybridized carbons (Fsp3) is 0.400. The summed E-state index contributed by atoms with van der Waals surface area (Å²) < 4.78 is 0. The summed E-state index contributed by atoms with van der Waals surface area (Å²) in [7, 11) is 1.70. The Labute approximate surface area is 73.7 Å². The zero-order chi connectivity index (χ0) is 8.81. The summed E-state index contributed by atoms with van der Waals surface area (Å²) in [5, 5.41) is 1.89. The molecule has 0 aliphatic rings. The number of rotatable bonds is 4. The van der Waals surface area contributed by atoms with Crippen LogP contribution in [0.5, 0.6) is 0 Å². The van der Waals surface area contributed by atoms with Gasteiger partial charge >= 0.3 is 0 Å². The molecule has 0 unspecified atom stereocenters. The van der Waals surface area contributed by atoms with E-state index in [1.54, 1.807) is 7.11 Å². The van der Waals surface area contributed by atoms with E-state index in [4.69, 9.17) is 4.84 Å². The Balaban J connectivity index is 2.66. The van der Waals surface area contributed by atoms with Crippen LogP contribution in [0.3, 0.4) is 0 Å². The standard InChI is InChI=1S/C10H15NO/c1-3-9-11(12-2)10-7-5-4-6-8-10/h4-8H,3,9H2,1-2H3. The third kappa shape index (κ3) is 2.24. The van der Waals surface area contributed by atoms with Gasteiger partial charge in [-0.3, -0.25) is 9.90 Å². The molecule has 0 spiro atoms. The van der Waals surface area contributed by atoms with E-state index in [0.717, 1.165) is 18.7 Å². The average Bonchev–Trinajstić information content (AvgIpc) is 2.15. The molecule has 0 bridgehead atoms. The van der Waals surface area contributed by atoms with Crippen LogP contribution in [0.1, 0.15) is 13.3 Å². The number of benzene rings is 1. The third-order valence-electron chi connectivity index (χ3n) is 1.69. The van der Waals surface area contributed by atoms with Gasteiger partial charge in [0.1, 0.15) is 0 Å². The van der Waals surface area contributed by atoms with E-state index in [2.05, 4.69) is 6.92 Å². The highest BCUT2D eigenvalue weighted by atomic mass is 16.7. The van der Waals surface area contributed by atoms with Crippen LogP contribution >= 0.6 is 0 Å². The lowest BCUT2D eigenvalue weighted by atomic mass is 10.3. The lowest BCUT2D eigenvalue weighted by molar-refractivity contribution is 0.167. The van der Waals surface area contributed by atoms with Crippen LogP contribution in [0, 0.1) is 0 Å². The molecule has 0 aliphatic carbocycles. The number of para-hydroxylation sites is 1. The predicted molar refractivity (Wildman–Crippen MR) is 51.1 cm³/mol. The fourth-order valence-corrected chi connectivity index (χ4v) is 1.12. The third-order valence-corrected chi connectivity index (χ3v) is 1.69. The van der Waals surface area contributed by atoms with Crippen molar-refractivity contribution in [2.24, 2.45) is 0 Å². The molecule has 0 saturated heterocycles. The molecule has 12 heavy (non-hydrogen) atoms.